The fourth-order valence-corrected chi connectivity index (χ4v) is 2.37. The molecule has 3 nitrogen and oxygen atoms in total. The summed E-state index contributed by atoms with van der Waals surface area (Å²) in [6, 6.07) is 16.5. The molecule has 4 heteroatoms. The van der Waals surface area contributed by atoms with Crippen molar-refractivity contribution in [1.82, 2.24) is 4.98 Å². The molecule has 0 unspecified atom stereocenters. The maximum Gasteiger partial charge on any atom is 0.226 e. The van der Waals surface area contributed by atoms with Gasteiger partial charge in [-0.3, -0.25) is 4.79 Å². The summed E-state index contributed by atoms with van der Waals surface area (Å²) in [5.41, 5.74) is 2.98. The average molecular weight is 312 g/mol. The van der Waals surface area contributed by atoms with Crippen molar-refractivity contribution in [3.05, 3.63) is 77.7 Å². The average Bonchev–Trinajstić information content (AvgIpc) is 3.04. The number of ketones is 1. The van der Waals surface area contributed by atoms with Crippen LogP contribution in [-0.2, 0) is 6.42 Å². The number of halogens is 1. The first-order valence-electron chi connectivity index (χ1n) is 6.98. The van der Waals surface area contributed by atoms with E-state index in [4.69, 9.17) is 16.0 Å². The van der Waals surface area contributed by atoms with Crippen molar-refractivity contribution >= 4 is 17.4 Å². The molecule has 0 bridgehead atoms. The normalized spacial score (nSPS) is 10.6. The molecule has 0 radical (unpaired) electrons. The van der Waals surface area contributed by atoms with E-state index in [1.54, 1.807) is 18.4 Å². The summed E-state index contributed by atoms with van der Waals surface area (Å²) in [5, 5.41) is 0. The number of aromatic nitrogens is 1. The van der Waals surface area contributed by atoms with E-state index in [2.05, 4.69) is 4.98 Å². The second-order valence-corrected chi connectivity index (χ2v) is 5.23. The van der Waals surface area contributed by atoms with Crippen molar-refractivity contribution in [3.8, 4) is 11.5 Å². The van der Waals surface area contributed by atoms with E-state index in [0.717, 1.165) is 11.3 Å². The molecule has 0 amide bonds. The Balaban J connectivity index is 1.81. The third kappa shape index (κ3) is 3.10. The molecule has 0 N–H and O–H groups in total. The van der Waals surface area contributed by atoms with Crippen molar-refractivity contribution in [2.45, 2.75) is 6.42 Å². The summed E-state index contributed by atoms with van der Waals surface area (Å²) >= 11 is 5.69. The third-order valence-electron chi connectivity index (χ3n) is 3.33. The van der Waals surface area contributed by atoms with Gasteiger partial charge in [0.2, 0.25) is 5.89 Å². The topological polar surface area (TPSA) is 43.1 Å². The van der Waals surface area contributed by atoms with Gasteiger partial charge in [-0.05, 0) is 12.1 Å². The quantitative estimate of drug-likeness (QED) is 0.519. The highest BCUT2D eigenvalue weighted by atomic mass is 35.5. The molecule has 0 atom stereocenters. The zero-order chi connectivity index (χ0) is 15.4. The minimum Gasteiger partial charge on any atom is -0.444 e. The molecule has 3 rings (SSSR count). The van der Waals surface area contributed by atoms with Gasteiger partial charge in [0.25, 0.3) is 0 Å². The van der Waals surface area contributed by atoms with Crippen molar-refractivity contribution in [1.29, 1.82) is 0 Å². The Morgan fingerprint density at radius 1 is 1.00 bits per heavy atom. The Bertz CT molecular complexity index is 763. The van der Waals surface area contributed by atoms with Gasteiger partial charge >= 0.3 is 0 Å². The molecule has 1 aromatic heterocycles. The minimum absolute atomic E-state index is 0.00221. The van der Waals surface area contributed by atoms with Crippen LogP contribution in [0.2, 0.25) is 0 Å². The minimum atomic E-state index is 0.00221. The highest BCUT2D eigenvalue weighted by molar-refractivity contribution is 6.17. The van der Waals surface area contributed by atoms with Crippen molar-refractivity contribution in [2.24, 2.45) is 0 Å². The number of carbonyl (C=O) groups excluding carboxylic acids is 1. The van der Waals surface area contributed by atoms with Gasteiger partial charge in [-0.15, -0.1) is 11.6 Å². The van der Waals surface area contributed by atoms with E-state index in [-0.39, 0.29) is 5.78 Å². The predicted octanol–water partition coefficient (Wildman–Crippen LogP) is 4.35. The van der Waals surface area contributed by atoms with E-state index in [1.165, 1.54) is 0 Å². The smallest absolute Gasteiger partial charge is 0.226 e. The zero-order valence-corrected chi connectivity index (χ0v) is 12.6. The number of alkyl halides is 1. The molecule has 0 aliphatic heterocycles. The van der Waals surface area contributed by atoms with Gasteiger partial charge in [0.1, 0.15) is 6.26 Å². The highest BCUT2D eigenvalue weighted by Gasteiger charge is 2.10. The standard InChI is InChI=1S/C18H14ClNO2/c19-11-10-16-12-22-18(20-16)15-8-6-14(7-9-15)17(21)13-4-2-1-3-5-13/h1-9,12H,10-11H2. The van der Waals surface area contributed by atoms with E-state index in [9.17, 15) is 4.79 Å². The molecule has 110 valence electrons. The fourth-order valence-electron chi connectivity index (χ4n) is 2.17. The van der Waals surface area contributed by atoms with E-state index >= 15 is 0 Å². The van der Waals surface area contributed by atoms with Gasteiger partial charge in [-0.25, -0.2) is 4.98 Å². The molecule has 0 aliphatic carbocycles. The highest BCUT2D eigenvalue weighted by Crippen LogP contribution is 2.20. The van der Waals surface area contributed by atoms with Crippen LogP contribution in [0.3, 0.4) is 0 Å². The summed E-state index contributed by atoms with van der Waals surface area (Å²) in [4.78, 5) is 16.7. The molecule has 1 heterocycles. The molecule has 3 aromatic rings. The number of hydrogen-bond donors (Lipinski definition) is 0. The predicted molar refractivity (Wildman–Crippen MR) is 86.2 cm³/mol. The van der Waals surface area contributed by atoms with Crippen LogP contribution in [-0.4, -0.2) is 16.6 Å². The first-order valence-corrected chi connectivity index (χ1v) is 7.52. The summed E-state index contributed by atoms with van der Waals surface area (Å²) in [5.74, 6) is 1.05. The lowest BCUT2D eigenvalue weighted by molar-refractivity contribution is 0.103. The molecule has 0 fully saturated rings. The van der Waals surface area contributed by atoms with E-state index in [1.807, 2.05) is 42.5 Å². The molecule has 0 saturated carbocycles. The zero-order valence-electron chi connectivity index (χ0n) is 11.8. The molecule has 2 aromatic carbocycles. The lowest BCUT2D eigenvalue weighted by Gasteiger charge is -2.02. The van der Waals surface area contributed by atoms with Gasteiger partial charge in [0.05, 0.1) is 5.69 Å². The lowest BCUT2D eigenvalue weighted by Crippen LogP contribution is -2.00. The van der Waals surface area contributed by atoms with Gasteiger partial charge in [0.15, 0.2) is 5.78 Å². The summed E-state index contributed by atoms with van der Waals surface area (Å²) in [6.07, 6.45) is 2.29. The number of carbonyl (C=O) groups is 1. The Hall–Kier alpha value is -2.39. The first kappa shape index (κ1) is 14.5. The van der Waals surface area contributed by atoms with Crippen LogP contribution in [0.25, 0.3) is 11.5 Å². The number of benzene rings is 2. The Kier molecular flexibility index (Phi) is 4.35. The number of rotatable bonds is 5. The summed E-state index contributed by atoms with van der Waals surface area (Å²) in [6.45, 7) is 0. The largest absolute Gasteiger partial charge is 0.444 e. The second-order valence-electron chi connectivity index (χ2n) is 4.86. The monoisotopic (exact) mass is 311 g/mol. The van der Waals surface area contributed by atoms with Gasteiger partial charge in [0, 0.05) is 29.0 Å². The van der Waals surface area contributed by atoms with Gasteiger partial charge in [-0.1, -0.05) is 42.5 Å². The molecule has 22 heavy (non-hydrogen) atoms. The third-order valence-corrected chi connectivity index (χ3v) is 3.52. The Labute approximate surface area is 133 Å². The summed E-state index contributed by atoms with van der Waals surface area (Å²) < 4.78 is 5.43. The maximum atomic E-state index is 12.3. The van der Waals surface area contributed by atoms with Gasteiger partial charge in [-0.2, -0.15) is 0 Å². The van der Waals surface area contributed by atoms with Crippen LogP contribution in [0.4, 0.5) is 0 Å². The molecule has 0 saturated heterocycles. The van der Waals surface area contributed by atoms with Gasteiger partial charge < -0.3 is 4.42 Å². The Morgan fingerprint density at radius 3 is 2.36 bits per heavy atom. The van der Waals surface area contributed by atoms with Crippen molar-refractivity contribution < 1.29 is 9.21 Å². The molecule has 0 spiro atoms. The Morgan fingerprint density at radius 2 is 1.68 bits per heavy atom. The van der Waals surface area contributed by atoms with E-state index in [0.29, 0.717) is 29.3 Å². The van der Waals surface area contributed by atoms with Crippen LogP contribution < -0.4 is 0 Å². The van der Waals surface area contributed by atoms with E-state index < -0.39 is 0 Å². The number of aryl methyl sites for hydroxylation is 1. The fraction of sp³-hybridized carbons (Fsp3) is 0.111. The summed E-state index contributed by atoms with van der Waals surface area (Å²) in [7, 11) is 0. The molecular weight excluding hydrogens is 298 g/mol. The maximum absolute atomic E-state index is 12.3. The van der Waals surface area contributed by atoms with Crippen LogP contribution in [0.15, 0.2) is 65.3 Å². The van der Waals surface area contributed by atoms with Crippen LogP contribution in [0.1, 0.15) is 21.6 Å². The lowest BCUT2D eigenvalue weighted by atomic mass is 10.0. The van der Waals surface area contributed by atoms with Crippen LogP contribution >= 0.6 is 11.6 Å². The SMILES string of the molecule is O=C(c1ccccc1)c1ccc(-c2nc(CCCl)co2)cc1. The first-order chi connectivity index (χ1) is 10.8. The van der Waals surface area contributed by atoms with Crippen molar-refractivity contribution in [3.63, 3.8) is 0 Å². The number of hydrogen-bond acceptors (Lipinski definition) is 3. The second kappa shape index (κ2) is 6.58. The molecule has 0 aliphatic rings. The van der Waals surface area contributed by atoms with Crippen molar-refractivity contribution in [2.75, 3.05) is 5.88 Å². The molecular formula is C18H14ClNO2. The number of oxazole rings is 1. The van der Waals surface area contributed by atoms with Crippen LogP contribution in [0.5, 0.6) is 0 Å². The van der Waals surface area contributed by atoms with Crippen LogP contribution in [0, 0.1) is 0 Å². The number of nitrogens with zero attached hydrogens (tertiary/aromatic N) is 1.